The van der Waals surface area contributed by atoms with Crippen molar-refractivity contribution in [3.05, 3.63) is 40.7 Å². The van der Waals surface area contributed by atoms with E-state index in [4.69, 9.17) is 9.72 Å². The van der Waals surface area contributed by atoms with E-state index in [9.17, 15) is 14.3 Å². The fourth-order valence-electron chi connectivity index (χ4n) is 4.72. The average Bonchev–Trinajstić information content (AvgIpc) is 3.32. The first kappa shape index (κ1) is 28.1. The summed E-state index contributed by atoms with van der Waals surface area (Å²) in [5.41, 5.74) is 4.21. The average molecular weight is 545 g/mol. The number of hydrogen-bond donors (Lipinski definition) is 3. The molecule has 3 N–H and O–H groups in total. The van der Waals surface area contributed by atoms with E-state index in [-0.39, 0.29) is 0 Å². The molecule has 2 atom stereocenters. The SMILES string of the molecule is COC(CF)CN(CCCCc1ccc2c(n1)NCCC2)CCC(Nc1ncnc2c(C)csc12)C(=O)O. The molecule has 1 aliphatic rings. The van der Waals surface area contributed by atoms with E-state index in [2.05, 4.69) is 37.6 Å². The van der Waals surface area contributed by atoms with Crippen LogP contribution in [0.4, 0.5) is 16.0 Å². The molecular weight excluding hydrogens is 507 g/mol. The number of nitrogens with one attached hydrogen (secondary N) is 2. The number of alkyl halides is 1. The molecule has 3 aromatic rings. The summed E-state index contributed by atoms with van der Waals surface area (Å²) in [5.74, 6) is 0.579. The summed E-state index contributed by atoms with van der Waals surface area (Å²) < 4.78 is 19.6. The number of unbranched alkanes of at least 4 members (excludes halogenated alkanes) is 1. The van der Waals surface area contributed by atoms with Crippen molar-refractivity contribution in [2.24, 2.45) is 0 Å². The molecule has 4 heterocycles. The minimum atomic E-state index is -0.953. The Balaban J connectivity index is 1.33. The van der Waals surface area contributed by atoms with E-state index in [1.54, 1.807) is 0 Å². The van der Waals surface area contributed by atoms with Crippen LogP contribution in [0.3, 0.4) is 0 Å². The predicted molar refractivity (Wildman–Crippen MR) is 149 cm³/mol. The highest BCUT2D eigenvalue weighted by Crippen LogP contribution is 2.29. The Morgan fingerprint density at radius 1 is 1.32 bits per heavy atom. The number of aryl methyl sites for hydroxylation is 3. The van der Waals surface area contributed by atoms with Crippen molar-refractivity contribution in [3.8, 4) is 0 Å². The zero-order chi connectivity index (χ0) is 26.9. The molecule has 11 heteroatoms. The number of halogens is 1. The molecule has 1 aliphatic heterocycles. The third-order valence-corrected chi connectivity index (χ3v) is 8.04. The first-order chi connectivity index (χ1) is 18.5. The molecule has 0 spiro atoms. The third kappa shape index (κ3) is 7.36. The second-order valence-corrected chi connectivity index (χ2v) is 10.6. The van der Waals surface area contributed by atoms with Gasteiger partial charge in [0.2, 0.25) is 0 Å². The number of pyridine rings is 1. The summed E-state index contributed by atoms with van der Waals surface area (Å²) in [7, 11) is 1.50. The number of rotatable bonds is 15. The number of ether oxygens (including phenoxy) is 1. The van der Waals surface area contributed by atoms with Crippen molar-refractivity contribution in [2.45, 2.75) is 57.6 Å². The summed E-state index contributed by atoms with van der Waals surface area (Å²) in [4.78, 5) is 27.6. The molecule has 0 saturated carbocycles. The summed E-state index contributed by atoms with van der Waals surface area (Å²) in [5, 5.41) is 18.4. The molecule has 0 bridgehead atoms. The number of aromatic nitrogens is 3. The number of carboxylic acid groups (broad SMARTS) is 1. The van der Waals surface area contributed by atoms with Crippen molar-refractivity contribution < 1.29 is 19.0 Å². The van der Waals surface area contributed by atoms with E-state index < -0.39 is 24.8 Å². The molecule has 3 aromatic heterocycles. The Hall–Kier alpha value is -2.89. The van der Waals surface area contributed by atoms with Gasteiger partial charge in [0.05, 0.1) is 16.3 Å². The van der Waals surface area contributed by atoms with E-state index in [0.29, 0.717) is 25.3 Å². The van der Waals surface area contributed by atoms with Crippen molar-refractivity contribution in [1.82, 2.24) is 19.9 Å². The monoisotopic (exact) mass is 544 g/mol. The largest absolute Gasteiger partial charge is 0.480 e. The van der Waals surface area contributed by atoms with Crippen LogP contribution in [0.2, 0.25) is 0 Å². The van der Waals surface area contributed by atoms with Gasteiger partial charge in [0.1, 0.15) is 30.7 Å². The van der Waals surface area contributed by atoms with E-state index in [1.807, 2.05) is 12.3 Å². The lowest BCUT2D eigenvalue weighted by Gasteiger charge is -2.27. The first-order valence-corrected chi connectivity index (χ1v) is 14.1. The van der Waals surface area contributed by atoms with Gasteiger partial charge in [-0.1, -0.05) is 6.07 Å². The summed E-state index contributed by atoms with van der Waals surface area (Å²) >= 11 is 1.49. The Morgan fingerprint density at radius 2 is 2.18 bits per heavy atom. The van der Waals surface area contributed by atoms with Crippen LogP contribution in [0.15, 0.2) is 23.8 Å². The van der Waals surface area contributed by atoms with Crippen molar-refractivity contribution in [2.75, 3.05) is 50.6 Å². The van der Waals surface area contributed by atoms with Crippen LogP contribution in [0.25, 0.3) is 10.2 Å². The highest BCUT2D eigenvalue weighted by molar-refractivity contribution is 7.18. The summed E-state index contributed by atoms with van der Waals surface area (Å²) in [6.45, 7) is 3.96. The highest BCUT2D eigenvalue weighted by Gasteiger charge is 2.22. The number of carbonyl (C=O) groups is 1. The van der Waals surface area contributed by atoms with Crippen LogP contribution in [-0.4, -0.2) is 83.0 Å². The standard InChI is InChI=1S/C27H37FN6O3S/c1-18-16-38-24-23(18)30-17-31-26(24)33-22(27(35)36)10-13-34(15-21(14-28)37-2)12-4-3-7-20-9-8-19-6-5-11-29-25(19)32-20/h8-9,16-17,21-22H,3-7,10-15H2,1-2H3,(H,29,32)(H,35,36)(H,30,31,33). The van der Waals surface area contributed by atoms with E-state index in [1.165, 1.54) is 30.3 Å². The van der Waals surface area contributed by atoms with E-state index in [0.717, 1.165) is 72.5 Å². The van der Waals surface area contributed by atoms with Crippen LogP contribution < -0.4 is 10.6 Å². The number of carboxylic acids is 1. The van der Waals surface area contributed by atoms with Crippen molar-refractivity contribution >= 4 is 39.2 Å². The number of fused-ring (bicyclic) bond motifs is 2. The van der Waals surface area contributed by atoms with Gasteiger partial charge in [-0.3, -0.25) is 0 Å². The number of nitrogens with zero attached hydrogens (tertiary/aromatic N) is 4. The molecule has 38 heavy (non-hydrogen) atoms. The molecular formula is C27H37FN6O3S. The van der Waals surface area contributed by atoms with Gasteiger partial charge in [0, 0.05) is 32.4 Å². The molecule has 9 nitrogen and oxygen atoms in total. The zero-order valence-electron chi connectivity index (χ0n) is 22.1. The highest BCUT2D eigenvalue weighted by atomic mass is 32.1. The lowest BCUT2D eigenvalue weighted by Crippen LogP contribution is -2.39. The predicted octanol–water partition coefficient (Wildman–Crippen LogP) is 4.32. The molecule has 0 aromatic carbocycles. The fraction of sp³-hybridized carbons (Fsp3) is 0.556. The van der Waals surface area contributed by atoms with Gasteiger partial charge in [-0.05, 0) is 74.6 Å². The lowest BCUT2D eigenvalue weighted by molar-refractivity contribution is -0.138. The molecule has 0 amide bonds. The minimum Gasteiger partial charge on any atom is -0.480 e. The quantitative estimate of drug-likeness (QED) is 0.241. The Bertz CT molecular complexity index is 1200. The normalized spacial score (nSPS) is 14.7. The van der Waals surface area contributed by atoms with Gasteiger partial charge in [0.25, 0.3) is 0 Å². The molecule has 0 aliphatic carbocycles. The molecule has 0 radical (unpaired) electrons. The minimum absolute atomic E-state index is 0.339. The van der Waals surface area contributed by atoms with Gasteiger partial charge in [0.15, 0.2) is 0 Å². The molecule has 0 fully saturated rings. The Morgan fingerprint density at radius 3 is 2.97 bits per heavy atom. The van der Waals surface area contributed by atoms with Crippen LogP contribution in [-0.2, 0) is 22.4 Å². The zero-order valence-corrected chi connectivity index (χ0v) is 22.9. The number of anilines is 2. The number of aliphatic carboxylic acids is 1. The van der Waals surface area contributed by atoms with Crippen LogP contribution >= 0.6 is 11.3 Å². The summed E-state index contributed by atoms with van der Waals surface area (Å²) in [6.07, 6.45) is 6.15. The molecule has 2 unspecified atom stereocenters. The topological polar surface area (TPSA) is 113 Å². The van der Waals surface area contributed by atoms with Gasteiger partial charge >= 0.3 is 5.97 Å². The van der Waals surface area contributed by atoms with Crippen LogP contribution in [0, 0.1) is 6.92 Å². The van der Waals surface area contributed by atoms with Gasteiger partial charge in [-0.15, -0.1) is 11.3 Å². The molecule has 0 saturated heterocycles. The van der Waals surface area contributed by atoms with Gasteiger partial charge < -0.3 is 25.4 Å². The number of thiophene rings is 1. The summed E-state index contributed by atoms with van der Waals surface area (Å²) in [6, 6.07) is 3.44. The Kier molecular flexibility index (Phi) is 10.2. The maximum atomic E-state index is 13.4. The van der Waals surface area contributed by atoms with Crippen LogP contribution in [0.5, 0.6) is 0 Å². The van der Waals surface area contributed by atoms with Gasteiger partial charge in [-0.25, -0.2) is 24.1 Å². The fourth-order valence-corrected chi connectivity index (χ4v) is 5.68. The van der Waals surface area contributed by atoms with E-state index >= 15 is 0 Å². The van der Waals surface area contributed by atoms with Crippen molar-refractivity contribution in [1.29, 1.82) is 0 Å². The molecule has 4 rings (SSSR count). The third-order valence-electron chi connectivity index (χ3n) is 6.95. The van der Waals surface area contributed by atoms with Gasteiger partial charge in [-0.2, -0.15) is 0 Å². The Labute approximate surface area is 226 Å². The lowest BCUT2D eigenvalue weighted by atomic mass is 10.1. The second kappa shape index (κ2) is 13.8. The van der Waals surface area contributed by atoms with Crippen LogP contribution in [0.1, 0.15) is 42.5 Å². The van der Waals surface area contributed by atoms with Crippen molar-refractivity contribution in [3.63, 3.8) is 0 Å². The molecule has 206 valence electrons. The second-order valence-electron chi connectivity index (χ2n) is 9.75. The first-order valence-electron chi connectivity index (χ1n) is 13.2. The number of hydrogen-bond acceptors (Lipinski definition) is 9. The smallest absolute Gasteiger partial charge is 0.326 e. The maximum absolute atomic E-state index is 13.4. The number of methoxy groups -OCH3 is 1. The maximum Gasteiger partial charge on any atom is 0.326 e.